The molecule has 514 valence electrons. The largest absolute Gasteiger partial charge is 0.310 e. The third-order valence-electron chi connectivity index (χ3n) is 22.7. The minimum Gasteiger partial charge on any atom is -0.310 e. The maximum absolute atomic E-state index is 2.74. The molecular formula is C102H83BN4. The van der Waals surface area contributed by atoms with Gasteiger partial charge in [-0.2, -0.15) is 0 Å². The SMILES string of the molecule is CC(C)(C)c1cc(-c2ccccc2)c(N2c3cc(-n4c5ccccc5c5cc(-c6ccccc6)ccc54)ccc3B3c4ccc(-n5c6ccccc6c6cc(-c7ccccc7)ccc65)cc4N(c4c(-c5ccccc5)cc(C(C)(C)C)cc4-c4ccccc4)c4cc(C(C)(C)C)cc2c43)c(-c2ccccc2)c1. The summed E-state index contributed by atoms with van der Waals surface area (Å²) >= 11 is 0. The maximum atomic E-state index is 2.74. The van der Waals surface area contributed by atoms with Gasteiger partial charge in [-0.15, -0.1) is 0 Å². The number of hydrogen-bond donors (Lipinski definition) is 0. The van der Waals surface area contributed by atoms with Crippen molar-refractivity contribution in [3.05, 3.63) is 356 Å². The molecule has 2 aromatic heterocycles. The number of anilines is 6. The third kappa shape index (κ3) is 11.0. The molecule has 107 heavy (non-hydrogen) atoms. The average molecular weight is 1380 g/mol. The number of nitrogens with zero attached hydrogens (tertiary/aromatic N) is 4. The van der Waals surface area contributed by atoms with Gasteiger partial charge in [0, 0.05) is 77.9 Å². The Kier molecular flexibility index (Phi) is 15.4. The van der Waals surface area contributed by atoms with Crippen LogP contribution in [-0.2, 0) is 16.2 Å². The molecule has 0 unspecified atom stereocenters. The first-order valence-electron chi connectivity index (χ1n) is 37.8. The van der Waals surface area contributed by atoms with Crippen molar-refractivity contribution >= 4 is 101 Å². The van der Waals surface area contributed by atoms with Gasteiger partial charge >= 0.3 is 0 Å². The standard InChI is InChI=1S/C102H83BN4/c1-100(2,3)74-58-81(68-36-20-12-21-37-68)98(82(59-74)69-38-22-13-23-39-69)106-93-64-77(104-89-46-30-28-44-79(89)85-56-72(48-54-91(85)104)66-32-16-10-17-33-66)50-52-87(93)103-88-53-51-78(105-90-47-31-29-45-80(90)86-57-73(49-55-92(86)105)67-34-18-11-19-35-67)65-94(88)107(96-63-76(102(7,8)9)62-95(106)97(96)103)99-83(70-40-24-14-25-41-70)60-75(101(4,5)6)61-84(99)71-42-26-15-27-43-71/h10-65H,1-9H3. The van der Waals surface area contributed by atoms with E-state index in [0.717, 1.165) is 89.8 Å². The van der Waals surface area contributed by atoms with Gasteiger partial charge in [-0.1, -0.05) is 305 Å². The fourth-order valence-electron chi connectivity index (χ4n) is 17.2. The lowest BCUT2D eigenvalue weighted by atomic mass is 9.33. The quantitative estimate of drug-likeness (QED) is 0.127. The fourth-order valence-corrected chi connectivity index (χ4v) is 17.2. The summed E-state index contributed by atoms with van der Waals surface area (Å²) in [5.74, 6) is 0. The number of rotatable bonds is 10. The zero-order chi connectivity index (χ0) is 72.6. The lowest BCUT2D eigenvalue weighted by Crippen LogP contribution is -2.61. The molecule has 0 N–H and O–H groups in total. The third-order valence-corrected chi connectivity index (χ3v) is 22.7. The Hall–Kier alpha value is -12.4. The molecule has 15 aromatic carbocycles. The van der Waals surface area contributed by atoms with Crippen LogP contribution in [0.2, 0.25) is 0 Å². The summed E-state index contributed by atoms with van der Waals surface area (Å²) in [7, 11) is 0. The van der Waals surface area contributed by atoms with Gasteiger partial charge in [0.05, 0.1) is 33.4 Å². The zero-order valence-electron chi connectivity index (χ0n) is 62.2. The van der Waals surface area contributed by atoms with Crippen LogP contribution < -0.4 is 26.2 Å². The van der Waals surface area contributed by atoms with Crippen molar-refractivity contribution in [2.24, 2.45) is 0 Å². The summed E-state index contributed by atoms with van der Waals surface area (Å²) in [6, 6.07) is 129. The van der Waals surface area contributed by atoms with Crippen LogP contribution in [0, 0.1) is 0 Å². The second-order valence-electron chi connectivity index (χ2n) is 32.5. The van der Waals surface area contributed by atoms with Crippen LogP contribution in [0.1, 0.15) is 79.0 Å². The summed E-state index contributed by atoms with van der Waals surface area (Å²) < 4.78 is 5.05. The van der Waals surface area contributed by atoms with Crippen LogP contribution in [0.5, 0.6) is 0 Å². The molecule has 0 spiro atoms. The highest BCUT2D eigenvalue weighted by Gasteiger charge is 2.47. The monoisotopic (exact) mass is 1370 g/mol. The van der Waals surface area contributed by atoms with Crippen LogP contribution >= 0.6 is 0 Å². The first-order valence-corrected chi connectivity index (χ1v) is 37.8. The van der Waals surface area contributed by atoms with E-state index in [1.54, 1.807) is 0 Å². The number of hydrogen-bond acceptors (Lipinski definition) is 2. The minimum atomic E-state index is -0.340. The van der Waals surface area contributed by atoms with Gasteiger partial charge in [-0.3, -0.25) is 0 Å². The van der Waals surface area contributed by atoms with Crippen molar-refractivity contribution in [1.29, 1.82) is 0 Å². The molecule has 19 rings (SSSR count). The van der Waals surface area contributed by atoms with Crippen LogP contribution in [0.4, 0.5) is 34.1 Å². The van der Waals surface area contributed by atoms with Crippen LogP contribution in [0.25, 0.3) is 122 Å². The van der Waals surface area contributed by atoms with E-state index in [0.29, 0.717) is 0 Å². The lowest BCUT2D eigenvalue weighted by molar-refractivity contribution is 0.590. The Morgan fingerprint density at radius 1 is 0.224 bits per heavy atom. The molecule has 4 nitrogen and oxygen atoms in total. The molecule has 0 bridgehead atoms. The first kappa shape index (κ1) is 65.3. The second-order valence-corrected chi connectivity index (χ2v) is 32.5. The lowest BCUT2D eigenvalue weighted by Gasteiger charge is -2.47. The van der Waals surface area contributed by atoms with Crippen molar-refractivity contribution < 1.29 is 0 Å². The Bertz CT molecular complexity index is 5850. The smallest absolute Gasteiger partial charge is 0.252 e. The molecule has 0 saturated heterocycles. The van der Waals surface area contributed by atoms with Crippen LogP contribution in [-0.4, -0.2) is 15.8 Å². The minimum absolute atomic E-state index is 0.200. The van der Waals surface area contributed by atoms with E-state index < -0.39 is 0 Å². The molecule has 0 amide bonds. The predicted octanol–water partition coefficient (Wildman–Crippen LogP) is 25.9. The number of aromatic nitrogens is 2. The highest BCUT2D eigenvalue weighted by molar-refractivity contribution is 7.00. The topological polar surface area (TPSA) is 16.3 Å². The molecule has 2 aliphatic rings. The summed E-state index contributed by atoms with van der Waals surface area (Å²) in [6.45, 7) is 21.1. The van der Waals surface area contributed by atoms with Crippen LogP contribution in [0.3, 0.4) is 0 Å². The molecule has 0 fully saturated rings. The molecule has 0 aliphatic carbocycles. The summed E-state index contributed by atoms with van der Waals surface area (Å²) in [6.07, 6.45) is 0. The van der Waals surface area contributed by atoms with Gasteiger partial charge in [0.2, 0.25) is 0 Å². The van der Waals surface area contributed by atoms with E-state index in [1.165, 1.54) is 99.1 Å². The highest BCUT2D eigenvalue weighted by Crippen LogP contribution is 2.56. The van der Waals surface area contributed by atoms with Gasteiger partial charge in [0.25, 0.3) is 6.71 Å². The molecule has 17 aromatic rings. The molecule has 0 radical (unpaired) electrons. The molecular weight excluding hydrogens is 1290 g/mol. The van der Waals surface area contributed by atoms with E-state index in [-0.39, 0.29) is 23.0 Å². The summed E-state index contributed by atoms with van der Waals surface area (Å²) in [4.78, 5) is 5.47. The van der Waals surface area contributed by atoms with E-state index in [2.05, 4.69) is 421 Å². The number of benzene rings is 15. The summed E-state index contributed by atoms with van der Waals surface area (Å²) in [5, 5.41) is 4.86. The number of fused-ring (bicyclic) bond motifs is 10. The van der Waals surface area contributed by atoms with Gasteiger partial charge in [0.15, 0.2) is 0 Å². The van der Waals surface area contributed by atoms with Gasteiger partial charge in [-0.25, -0.2) is 0 Å². The van der Waals surface area contributed by atoms with E-state index >= 15 is 0 Å². The highest BCUT2D eigenvalue weighted by atomic mass is 15.2. The Morgan fingerprint density at radius 2 is 0.514 bits per heavy atom. The van der Waals surface area contributed by atoms with Crippen molar-refractivity contribution in [2.45, 2.75) is 78.6 Å². The number of para-hydroxylation sites is 2. The summed E-state index contributed by atoms with van der Waals surface area (Å²) in [5.41, 5.74) is 34.5. The molecule has 4 heterocycles. The molecule has 0 atom stereocenters. The van der Waals surface area contributed by atoms with E-state index in [4.69, 9.17) is 0 Å². The first-order chi connectivity index (χ1) is 52.0. The Morgan fingerprint density at radius 3 is 0.841 bits per heavy atom. The van der Waals surface area contributed by atoms with Crippen molar-refractivity contribution in [1.82, 2.24) is 9.13 Å². The normalized spacial score (nSPS) is 12.9. The maximum Gasteiger partial charge on any atom is 0.252 e. The molecule has 0 saturated carbocycles. The second kappa shape index (κ2) is 25.1. The predicted molar refractivity (Wildman–Crippen MR) is 458 cm³/mol. The van der Waals surface area contributed by atoms with Crippen molar-refractivity contribution in [2.75, 3.05) is 9.80 Å². The molecule has 5 heteroatoms. The van der Waals surface area contributed by atoms with E-state index in [1.807, 2.05) is 0 Å². The van der Waals surface area contributed by atoms with Gasteiger partial charge < -0.3 is 18.9 Å². The van der Waals surface area contributed by atoms with Crippen molar-refractivity contribution in [3.63, 3.8) is 0 Å². The van der Waals surface area contributed by atoms with Gasteiger partial charge in [-0.05, 0) is 191 Å². The molecule has 2 aliphatic heterocycles. The van der Waals surface area contributed by atoms with Crippen LogP contribution in [0.15, 0.2) is 340 Å². The van der Waals surface area contributed by atoms with Crippen molar-refractivity contribution in [3.8, 4) is 78.1 Å². The average Bonchev–Trinajstić information content (AvgIpc) is 0.887. The van der Waals surface area contributed by atoms with Gasteiger partial charge in [0.1, 0.15) is 0 Å². The van der Waals surface area contributed by atoms with E-state index in [9.17, 15) is 0 Å². The zero-order valence-corrected chi connectivity index (χ0v) is 62.2. The Labute approximate surface area is 628 Å². The Balaban J connectivity index is 0.980. The fraction of sp³-hybridized carbons (Fsp3) is 0.118.